The van der Waals surface area contributed by atoms with E-state index in [0.29, 0.717) is 29.6 Å². The van der Waals surface area contributed by atoms with Gasteiger partial charge in [-0.2, -0.15) is 0 Å². The summed E-state index contributed by atoms with van der Waals surface area (Å²) in [5.74, 6) is 1.17. The monoisotopic (exact) mass is 478 g/mol. The van der Waals surface area contributed by atoms with Gasteiger partial charge in [0.15, 0.2) is 11.6 Å². The van der Waals surface area contributed by atoms with Gasteiger partial charge in [0.2, 0.25) is 0 Å². The number of benzene rings is 2. The molecule has 2 aromatic carbocycles. The number of rotatable bonds is 5. The highest BCUT2D eigenvalue weighted by Gasteiger charge is 2.30. The predicted molar refractivity (Wildman–Crippen MR) is 138 cm³/mol. The van der Waals surface area contributed by atoms with Crippen molar-refractivity contribution in [2.24, 2.45) is 17.8 Å². The standard InChI is InChI=1S/C32H37F3/c1-2-21-3-5-24(6-4-21)27-15-17-29(31(34)19-27)26-13-11-23(12-14-26)22-7-9-25(10-8-22)28-16-18-30(33)32(35)20-28/h2,13,15-25H,1,3-12,14H2. The first-order chi connectivity index (χ1) is 17.0. The van der Waals surface area contributed by atoms with E-state index in [9.17, 15) is 8.78 Å². The fourth-order valence-electron chi connectivity index (χ4n) is 6.95. The lowest BCUT2D eigenvalue weighted by Crippen LogP contribution is -2.22. The van der Waals surface area contributed by atoms with Gasteiger partial charge >= 0.3 is 0 Å². The second-order valence-electron chi connectivity index (χ2n) is 11.1. The fourth-order valence-corrected chi connectivity index (χ4v) is 6.95. The van der Waals surface area contributed by atoms with Crippen molar-refractivity contribution in [3.8, 4) is 0 Å². The molecule has 0 bridgehead atoms. The predicted octanol–water partition coefficient (Wildman–Crippen LogP) is 9.72. The summed E-state index contributed by atoms with van der Waals surface area (Å²) < 4.78 is 42.0. The Morgan fingerprint density at radius 3 is 1.86 bits per heavy atom. The molecule has 2 fully saturated rings. The first-order valence-corrected chi connectivity index (χ1v) is 13.6. The molecule has 2 saturated carbocycles. The molecule has 0 aliphatic heterocycles. The van der Waals surface area contributed by atoms with Crippen molar-refractivity contribution in [3.05, 3.63) is 89.3 Å². The SMILES string of the molecule is C=CC1CCC(c2ccc(C3=CCC(C4CCC(c5ccc(F)c(F)c5)CC4)CC3)c(F)c2)CC1. The molecule has 0 radical (unpaired) electrons. The Hall–Kier alpha value is -2.29. The van der Waals surface area contributed by atoms with Gasteiger partial charge in [0.1, 0.15) is 5.82 Å². The highest BCUT2D eigenvalue weighted by atomic mass is 19.2. The third-order valence-electron chi connectivity index (χ3n) is 9.22. The number of hydrogen-bond donors (Lipinski definition) is 0. The summed E-state index contributed by atoms with van der Waals surface area (Å²) in [6, 6.07) is 10.3. The van der Waals surface area contributed by atoms with E-state index in [1.165, 1.54) is 12.1 Å². The summed E-state index contributed by atoms with van der Waals surface area (Å²) in [7, 11) is 0. The van der Waals surface area contributed by atoms with Gasteiger partial charge in [-0.25, -0.2) is 13.2 Å². The Morgan fingerprint density at radius 1 is 0.657 bits per heavy atom. The molecular formula is C32H37F3. The van der Waals surface area contributed by atoms with E-state index < -0.39 is 11.6 Å². The number of halogens is 3. The van der Waals surface area contributed by atoms with Crippen LogP contribution in [0, 0.1) is 35.2 Å². The van der Waals surface area contributed by atoms with E-state index in [4.69, 9.17) is 0 Å². The molecule has 0 heterocycles. The lowest BCUT2D eigenvalue weighted by atomic mass is 9.70. The van der Waals surface area contributed by atoms with E-state index in [1.807, 2.05) is 6.07 Å². The van der Waals surface area contributed by atoms with Gasteiger partial charge in [0, 0.05) is 5.56 Å². The van der Waals surface area contributed by atoms with Crippen LogP contribution in [0.25, 0.3) is 5.57 Å². The van der Waals surface area contributed by atoms with Crippen molar-refractivity contribution < 1.29 is 13.2 Å². The molecule has 0 aromatic heterocycles. The van der Waals surface area contributed by atoms with Gasteiger partial charge in [-0.1, -0.05) is 30.4 Å². The zero-order valence-corrected chi connectivity index (χ0v) is 20.6. The first-order valence-electron chi connectivity index (χ1n) is 13.6. The molecule has 0 spiro atoms. The Morgan fingerprint density at radius 2 is 1.29 bits per heavy atom. The van der Waals surface area contributed by atoms with Gasteiger partial charge < -0.3 is 0 Å². The molecule has 3 aliphatic rings. The molecule has 5 rings (SSSR count). The first kappa shape index (κ1) is 24.4. The van der Waals surface area contributed by atoms with E-state index in [1.54, 1.807) is 12.1 Å². The smallest absolute Gasteiger partial charge is 0.159 e. The summed E-state index contributed by atoms with van der Waals surface area (Å²) in [6.07, 6.45) is 16.3. The summed E-state index contributed by atoms with van der Waals surface area (Å²) >= 11 is 0. The third kappa shape index (κ3) is 5.44. The zero-order chi connectivity index (χ0) is 24.4. The van der Waals surface area contributed by atoms with Crippen molar-refractivity contribution in [2.75, 3.05) is 0 Å². The van der Waals surface area contributed by atoms with E-state index in [-0.39, 0.29) is 5.82 Å². The molecule has 2 aromatic rings. The molecule has 186 valence electrons. The average Bonchev–Trinajstić information content (AvgIpc) is 2.90. The molecule has 1 unspecified atom stereocenters. The second kappa shape index (κ2) is 10.8. The van der Waals surface area contributed by atoms with Crippen LogP contribution in [0.5, 0.6) is 0 Å². The largest absolute Gasteiger partial charge is 0.206 e. The Bertz CT molecular complexity index is 1070. The highest BCUT2D eigenvalue weighted by molar-refractivity contribution is 5.67. The van der Waals surface area contributed by atoms with Crippen molar-refractivity contribution in [3.63, 3.8) is 0 Å². The molecular weight excluding hydrogens is 441 g/mol. The molecule has 0 nitrogen and oxygen atoms in total. The second-order valence-corrected chi connectivity index (χ2v) is 11.1. The van der Waals surface area contributed by atoms with Crippen LogP contribution in [-0.2, 0) is 0 Å². The van der Waals surface area contributed by atoms with Crippen molar-refractivity contribution in [1.82, 2.24) is 0 Å². The Kier molecular flexibility index (Phi) is 7.51. The Balaban J connectivity index is 1.16. The lowest BCUT2D eigenvalue weighted by molar-refractivity contribution is 0.220. The molecule has 35 heavy (non-hydrogen) atoms. The maximum Gasteiger partial charge on any atom is 0.159 e. The molecule has 0 N–H and O–H groups in total. The maximum atomic E-state index is 15.1. The average molecular weight is 479 g/mol. The van der Waals surface area contributed by atoms with Gasteiger partial charge in [0.25, 0.3) is 0 Å². The van der Waals surface area contributed by atoms with E-state index in [0.717, 1.165) is 92.9 Å². The molecule has 3 aliphatic carbocycles. The van der Waals surface area contributed by atoms with Crippen LogP contribution in [0.15, 0.2) is 55.1 Å². The minimum absolute atomic E-state index is 0.0647. The van der Waals surface area contributed by atoms with Crippen LogP contribution in [0.4, 0.5) is 13.2 Å². The molecule has 0 saturated heterocycles. The van der Waals surface area contributed by atoms with Gasteiger partial charge in [0.05, 0.1) is 0 Å². The maximum absolute atomic E-state index is 15.1. The third-order valence-corrected chi connectivity index (χ3v) is 9.22. The van der Waals surface area contributed by atoms with E-state index in [2.05, 4.69) is 24.8 Å². The van der Waals surface area contributed by atoms with Crippen LogP contribution < -0.4 is 0 Å². The van der Waals surface area contributed by atoms with Gasteiger partial charge in [-0.15, -0.1) is 6.58 Å². The minimum atomic E-state index is -0.769. The summed E-state index contributed by atoms with van der Waals surface area (Å²) in [5, 5.41) is 0. The van der Waals surface area contributed by atoms with Crippen molar-refractivity contribution >= 4 is 5.57 Å². The summed E-state index contributed by atoms with van der Waals surface area (Å²) in [5.41, 5.74) is 4.03. The lowest BCUT2D eigenvalue weighted by Gasteiger charge is -2.35. The van der Waals surface area contributed by atoms with Gasteiger partial charge in [-0.05, 0) is 135 Å². The van der Waals surface area contributed by atoms with Crippen LogP contribution in [-0.4, -0.2) is 0 Å². The minimum Gasteiger partial charge on any atom is -0.206 e. The summed E-state index contributed by atoms with van der Waals surface area (Å²) in [4.78, 5) is 0. The normalized spacial score (nSPS) is 29.5. The molecule has 1 atom stereocenters. The van der Waals surface area contributed by atoms with Gasteiger partial charge in [-0.3, -0.25) is 0 Å². The number of hydrogen-bond acceptors (Lipinski definition) is 0. The number of allylic oxidation sites excluding steroid dienone is 3. The van der Waals surface area contributed by atoms with E-state index >= 15 is 4.39 Å². The zero-order valence-electron chi connectivity index (χ0n) is 20.6. The van der Waals surface area contributed by atoms with Crippen LogP contribution in [0.2, 0.25) is 0 Å². The molecule has 3 heteroatoms. The topological polar surface area (TPSA) is 0 Å². The summed E-state index contributed by atoms with van der Waals surface area (Å²) in [6.45, 7) is 3.93. The highest BCUT2D eigenvalue weighted by Crippen LogP contribution is 2.44. The Labute approximate surface area is 208 Å². The quantitative estimate of drug-likeness (QED) is 0.375. The van der Waals surface area contributed by atoms with Crippen LogP contribution in [0.1, 0.15) is 99.2 Å². The fraction of sp³-hybridized carbons (Fsp3) is 0.500. The van der Waals surface area contributed by atoms with Crippen LogP contribution >= 0.6 is 0 Å². The van der Waals surface area contributed by atoms with Crippen LogP contribution in [0.3, 0.4) is 0 Å². The van der Waals surface area contributed by atoms with Crippen molar-refractivity contribution in [2.45, 2.75) is 82.5 Å². The molecule has 0 amide bonds. The van der Waals surface area contributed by atoms with Crippen molar-refractivity contribution in [1.29, 1.82) is 0 Å².